The van der Waals surface area contributed by atoms with Gasteiger partial charge in [-0.05, 0) is 32.6 Å². The van der Waals surface area contributed by atoms with Crippen molar-refractivity contribution < 1.29 is 9.59 Å². The minimum atomic E-state index is -0.0949. The Bertz CT molecular complexity index is 166. The second kappa shape index (κ2) is 3.65. The van der Waals surface area contributed by atoms with E-state index in [4.69, 9.17) is 0 Å². The largest absolute Gasteiger partial charge is 0.300 e. The maximum absolute atomic E-state index is 11.1. The Balaban J connectivity index is 2.34. The number of hydrogen-bond donors (Lipinski definition) is 0. The second-order valence-electron chi connectivity index (χ2n) is 2.48. The number of carbonyl (C=O) groups excluding carboxylic acids is 2. The summed E-state index contributed by atoms with van der Waals surface area (Å²) in [7, 11) is 0. The summed E-state index contributed by atoms with van der Waals surface area (Å²) in [5.41, 5.74) is 0. The lowest BCUT2D eigenvalue weighted by Gasteiger charge is -2.02. The SMILES string of the molecule is CC(=O)CC(=O)[C]1[CH][CH][CH][CH]1. The quantitative estimate of drug-likeness (QED) is 0.559. The van der Waals surface area contributed by atoms with E-state index in [1.165, 1.54) is 6.92 Å². The van der Waals surface area contributed by atoms with Crippen molar-refractivity contribution >= 4 is 11.6 Å². The van der Waals surface area contributed by atoms with E-state index in [1.807, 2.05) is 0 Å². The molecule has 1 saturated carbocycles. The molecule has 1 aliphatic carbocycles. The molecule has 0 atom stereocenters. The van der Waals surface area contributed by atoms with E-state index in [9.17, 15) is 9.59 Å². The number of carbonyl (C=O) groups is 2. The minimum Gasteiger partial charge on any atom is -0.300 e. The van der Waals surface area contributed by atoms with Gasteiger partial charge in [0, 0.05) is 5.92 Å². The van der Waals surface area contributed by atoms with Gasteiger partial charge in [0.2, 0.25) is 0 Å². The van der Waals surface area contributed by atoms with Crippen molar-refractivity contribution in [3.8, 4) is 0 Å². The van der Waals surface area contributed by atoms with E-state index in [1.54, 1.807) is 25.7 Å². The van der Waals surface area contributed by atoms with Crippen LogP contribution in [-0.2, 0) is 9.59 Å². The van der Waals surface area contributed by atoms with Gasteiger partial charge in [-0.3, -0.25) is 9.59 Å². The fourth-order valence-corrected chi connectivity index (χ4v) is 0.888. The van der Waals surface area contributed by atoms with Gasteiger partial charge >= 0.3 is 0 Å². The van der Waals surface area contributed by atoms with E-state index in [0.717, 1.165) is 0 Å². The molecule has 2 nitrogen and oxygen atoms in total. The summed E-state index contributed by atoms with van der Waals surface area (Å²) in [4.78, 5) is 21.6. The molecule has 0 amide bonds. The van der Waals surface area contributed by atoms with E-state index in [2.05, 4.69) is 0 Å². The maximum atomic E-state index is 11.1. The lowest BCUT2D eigenvalue weighted by molar-refractivity contribution is -0.124. The fourth-order valence-electron chi connectivity index (χ4n) is 0.888. The van der Waals surface area contributed by atoms with Crippen molar-refractivity contribution in [1.82, 2.24) is 0 Å². The van der Waals surface area contributed by atoms with Crippen LogP contribution in [0.1, 0.15) is 13.3 Å². The molecule has 0 aliphatic heterocycles. The fraction of sp³-hybridized carbons (Fsp3) is 0.222. The number of rotatable bonds is 3. The van der Waals surface area contributed by atoms with Crippen LogP contribution in [-0.4, -0.2) is 11.6 Å². The van der Waals surface area contributed by atoms with Gasteiger partial charge in [-0.15, -0.1) is 0 Å². The van der Waals surface area contributed by atoms with Gasteiger partial charge in [0.15, 0.2) is 0 Å². The molecule has 2 heteroatoms. The topological polar surface area (TPSA) is 34.1 Å². The van der Waals surface area contributed by atoms with E-state index in [0.29, 0.717) is 5.92 Å². The zero-order valence-corrected chi connectivity index (χ0v) is 6.33. The number of ketones is 2. The van der Waals surface area contributed by atoms with Crippen LogP contribution in [0.25, 0.3) is 0 Å². The first kappa shape index (κ1) is 8.44. The number of Topliss-reactive ketones (excluding diaryl/α,β-unsaturated/α-hetero) is 2. The smallest absolute Gasteiger partial charge is 0.147 e. The molecule has 1 aliphatic rings. The van der Waals surface area contributed by atoms with Crippen molar-refractivity contribution in [3.05, 3.63) is 31.6 Å². The zero-order valence-electron chi connectivity index (χ0n) is 6.33. The normalized spacial score (nSPS) is 18.6. The predicted octanol–water partition coefficient (Wildman–Crippen LogP) is 0.940. The standard InChI is InChI=1S/C9H9O2/c1-7(10)6-9(11)8-4-2-3-5-8/h2-5H,6H2,1H3. The van der Waals surface area contributed by atoms with Gasteiger partial charge in [0.25, 0.3) is 0 Å². The van der Waals surface area contributed by atoms with Crippen molar-refractivity contribution in [3.63, 3.8) is 0 Å². The summed E-state index contributed by atoms with van der Waals surface area (Å²) in [6, 6.07) is 0. The van der Waals surface area contributed by atoms with Gasteiger partial charge in [-0.1, -0.05) is 0 Å². The van der Waals surface area contributed by atoms with E-state index < -0.39 is 0 Å². The maximum Gasteiger partial charge on any atom is 0.147 e. The average molecular weight is 149 g/mol. The second-order valence-corrected chi connectivity index (χ2v) is 2.48. The summed E-state index contributed by atoms with van der Waals surface area (Å²) in [6.45, 7) is 1.42. The molecule has 1 rings (SSSR count). The molecule has 0 bridgehead atoms. The van der Waals surface area contributed by atoms with E-state index in [-0.39, 0.29) is 18.0 Å². The molecule has 11 heavy (non-hydrogen) atoms. The van der Waals surface area contributed by atoms with Crippen molar-refractivity contribution in [2.75, 3.05) is 0 Å². The first-order chi connectivity index (χ1) is 5.20. The molecular weight excluding hydrogens is 140 g/mol. The highest BCUT2D eigenvalue weighted by Crippen LogP contribution is 2.24. The summed E-state index contributed by atoms with van der Waals surface area (Å²) in [5.74, 6) is 0.443. The first-order valence-corrected chi connectivity index (χ1v) is 3.44. The summed E-state index contributed by atoms with van der Waals surface area (Å²) in [5, 5.41) is 0. The van der Waals surface area contributed by atoms with Crippen LogP contribution in [0.5, 0.6) is 0 Å². The molecule has 5 radical (unpaired) electrons. The van der Waals surface area contributed by atoms with Gasteiger partial charge in [0.1, 0.15) is 11.6 Å². The van der Waals surface area contributed by atoms with Crippen molar-refractivity contribution in [2.24, 2.45) is 0 Å². The van der Waals surface area contributed by atoms with Crippen LogP contribution in [0.3, 0.4) is 0 Å². The molecule has 0 heterocycles. The molecule has 0 N–H and O–H groups in total. The summed E-state index contributed by atoms with van der Waals surface area (Å²) >= 11 is 0. The lowest BCUT2D eigenvalue weighted by atomic mass is 9.99. The Labute approximate surface area is 67.0 Å². The highest BCUT2D eigenvalue weighted by atomic mass is 16.1. The predicted molar refractivity (Wildman–Crippen MR) is 40.7 cm³/mol. The van der Waals surface area contributed by atoms with Crippen LogP contribution in [0.4, 0.5) is 0 Å². The Morgan fingerprint density at radius 2 is 1.82 bits per heavy atom. The molecule has 57 valence electrons. The van der Waals surface area contributed by atoms with Gasteiger partial charge in [-0.25, -0.2) is 0 Å². The van der Waals surface area contributed by atoms with Crippen LogP contribution in [0.2, 0.25) is 0 Å². The van der Waals surface area contributed by atoms with Crippen molar-refractivity contribution in [2.45, 2.75) is 13.3 Å². The molecule has 1 fully saturated rings. The zero-order chi connectivity index (χ0) is 8.27. The van der Waals surface area contributed by atoms with Gasteiger partial charge in [0.05, 0.1) is 6.42 Å². The molecule has 0 aromatic carbocycles. The van der Waals surface area contributed by atoms with Crippen LogP contribution in [0.15, 0.2) is 0 Å². The van der Waals surface area contributed by atoms with Crippen LogP contribution >= 0.6 is 0 Å². The lowest BCUT2D eigenvalue weighted by Crippen LogP contribution is -2.12. The molecule has 0 spiro atoms. The Morgan fingerprint density at radius 1 is 1.27 bits per heavy atom. The van der Waals surface area contributed by atoms with Gasteiger partial charge in [-0.2, -0.15) is 0 Å². The molecule has 0 aromatic rings. The number of hydrogen-bond acceptors (Lipinski definition) is 2. The highest BCUT2D eigenvalue weighted by Gasteiger charge is 2.24. The van der Waals surface area contributed by atoms with E-state index >= 15 is 0 Å². The Hall–Kier alpha value is -0.660. The molecular formula is C9H9O2. The third kappa shape index (κ3) is 2.45. The Kier molecular flexibility index (Phi) is 2.80. The third-order valence-electron chi connectivity index (χ3n) is 1.39. The molecule has 0 aromatic heterocycles. The van der Waals surface area contributed by atoms with Crippen molar-refractivity contribution in [1.29, 1.82) is 0 Å². The molecule has 0 unspecified atom stereocenters. The van der Waals surface area contributed by atoms with Gasteiger partial charge < -0.3 is 0 Å². The third-order valence-corrected chi connectivity index (χ3v) is 1.39. The average Bonchev–Trinajstić information content (AvgIpc) is 2.35. The summed E-state index contributed by atoms with van der Waals surface area (Å²) < 4.78 is 0. The minimum absolute atomic E-state index is 0.0179. The first-order valence-electron chi connectivity index (χ1n) is 3.44. The Morgan fingerprint density at radius 3 is 2.27 bits per heavy atom. The van der Waals surface area contributed by atoms with Crippen LogP contribution < -0.4 is 0 Å². The summed E-state index contributed by atoms with van der Waals surface area (Å²) in [6.07, 6.45) is 7.02. The molecule has 0 saturated heterocycles. The highest BCUT2D eigenvalue weighted by molar-refractivity contribution is 6.07. The van der Waals surface area contributed by atoms with Crippen LogP contribution in [0, 0.1) is 31.6 Å². The monoisotopic (exact) mass is 149 g/mol.